The Bertz CT molecular complexity index is 549. The van der Waals surface area contributed by atoms with Crippen LogP contribution in [0.1, 0.15) is 16.8 Å². The number of hydrogen-bond donors (Lipinski definition) is 2. The molecule has 0 spiro atoms. The molecule has 0 saturated carbocycles. The summed E-state index contributed by atoms with van der Waals surface area (Å²) in [6.45, 7) is 0.900. The molecular formula is C13H16FNO5S. The first-order chi connectivity index (χ1) is 9.95. The van der Waals surface area contributed by atoms with Gasteiger partial charge in [0.15, 0.2) is 0 Å². The van der Waals surface area contributed by atoms with E-state index >= 15 is 0 Å². The molecule has 0 fully saturated rings. The minimum atomic E-state index is -1.73. The third-order valence-electron chi connectivity index (χ3n) is 2.54. The van der Waals surface area contributed by atoms with Gasteiger partial charge in [0, 0.05) is 25.2 Å². The monoisotopic (exact) mass is 317 g/mol. The molecule has 0 aliphatic carbocycles. The van der Waals surface area contributed by atoms with Crippen LogP contribution < -0.4 is 5.32 Å². The lowest BCUT2D eigenvalue weighted by Crippen LogP contribution is -2.29. The maximum Gasteiger partial charge on any atom is 0.338 e. The summed E-state index contributed by atoms with van der Waals surface area (Å²) in [6, 6.07) is 3.11. The lowest BCUT2D eigenvalue weighted by molar-refractivity contribution is -0.118. The Morgan fingerprint density at radius 1 is 1.43 bits per heavy atom. The van der Waals surface area contributed by atoms with Crippen molar-refractivity contribution in [3.8, 4) is 0 Å². The molecule has 1 aromatic rings. The number of amides is 1. The highest BCUT2D eigenvalue weighted by molar-refractivity contribution is 7.85. The Labute approximate surface area is 123 Å². The topological polar surface area (TPSA) is 92.7 Å². The third-order valence-corrected chi connectivity index (χ3v) is 3.84. The van der Waals surface area contributed by atoms with Gasteiger partial charge in [-0.2, -0.15) is 0 Å². The number of carboxylic acids is 1. The quantitative estimate of drug-likeness (QED) is 0.691. The van der Waals surface area contributed by atoms with Crippen molar-refractivity contribution < 1.29 is 28.0 Å². The first-order valence-corrected chi connectivity index (χ1v) is 7.44. The summed E-state index contributed by atoms with van der Waals surface area (Å²) < 4.78 is 30.0. The van der Waals surface area contributed by atoms with Crippen LogP contribution in [-0.2, 0) is 20.3 Å². The molecule has 0 aliphatic heterocycles. The van der Waals surface area contributed by atoms with Gasteiger partial charge in [-0.25, -0.2) is 9.18 Å². The van der Waals surface area contributed by atoms with Crippen molar-refractivity contribution >= 4 is 22.7 Å². The van der Waals surface area contributed by atoms with Gasteiger partial charge >= 0.3 is 5.97 Å². The third kappa shape index (κ3) is 5.60. The fourth-order valence-corrected chi connectivity index (χ4v) is 2.48. The number of carbonyl (C=O) groups excluding carboxylic acids is 1. The van der Waals surface area contributed by atoms with E-state index < -0.39 is 34.1 Å². The standard InChI is InChI=1S/C13H16FNO5S/c1-20-6-2-5-15-12(16)8-21(19)9-3-4-11(14)10(7-9)13(17)18/h3-4,7H,2,5-6,8H2,1H3,(H,15,16)(H,17,18). The molecule has 0 aromatic heterocycles. The summed E-state index contributed by atoms with van der Waals surface area (Å²) in [4.78, 5) is 22.4. The maximum atomic E-state index is 13.2. The van der Waals surface area contributed by atoms with Gasteiger partial charge in [-0.3, -0.25) is 9.00 Å². The van der Waals surface area contributed by atoms with E-state index in [1.165, 1.54) is 6.07 Å². The van der Waals surface area contributed by atoms with Gasteiger partial charge < -0.3 is 15.2 Å². The van der Waals surface area contributed by atoms with Crippen molar-refractivity contribution in [2.75, 3.05) is 26.0 Å². The molecule has 0 radical (unpaired) electrons. The molecule has 21 heavy (non-hydrogen) atoms. The van der Waals surface area contributed by atoms with Crippen LogP contribution in [-0.4, -0.2) is 47.2 Å². The average molecular weight is 317 g/mol. The van der Waals surface area contributed by atoms with Crippen LogP contribution in [0, 0.1) is 5.82 Å². The fraction of sp³-hybridized carbons (Fsp3) is 0.385. The smallest absolute Gasteiger partial charge is 0.338 e. The van der Waals surface area contributed by atoms with E-state index in [4.69, 9.17) is 9.84 Å². The predicted octanol–water partition coefficient (Wildman–Crippen LogP) is 0.784. The number of methoxy groups -OCH3 is 1. The van der Waals surface area contributed by atoms with E-state index in [0.717, 1.165) is 12.1 Å². The molecule has 8 heteroatoms. The highest BCUT2D eigenvalue weighted by Crippen LogP contribution is 2.14. The Kier molecular flexibility index (Phi) is 6.97. The van der Waals surface area contributed by atoms with Gasteiger partial charge in [0.2, 0.25) is 5.91 Å². The Hall–Kier alpha value is -1.80. The second-order valence-electron chi connectivity index (χ2n) is 4.13. The number of aromatic carboxylic acids is 1. The highest BCUT2D eigenvalue weighted by Gasteiger charge is 2.15. The molecule has 116 valence electrons. The lowest BCUT2D eigenvalue weighted by Gasteiger charge is -2.06. The number of hydrogen-bond acceptors (Lipinski definition) is 4. The van der Waals surface area contributed by atoms with Gasteiger partial charge in [0.25, 0.3) is 0 Å². The average Bonchev–Trinajstić information content (AvgIpc) is 2.43. The van der Waals surface area contributed by atoms with Crippen LogP contribution >= 0.6 is 0 Å². The Morgan fingerprint density at radius 2 is 2.14 bits per heavy atom. The van der Waals surface area contributed by atoms with Crippen molar-refractivity contribution in [1.29, 1.82) is 0 Å². The second-order valence-corrected chi connectivity index (χ2v) is 5.58. The van der Waals surface area contributed by atoms with E-state index in [1.807, 2.05) is 0 Å². The minimum absolute atomic E-state index is 0.0980. The predicted molar refractivity (Wildman–Crippen MR) is 74.1 cm³/mol. The van der Waals surface area contributed by atoms with Gasteiger partial charge in [0.1, 0.15) is 11.6 Å². The zero-order valence-corrected chi connectivity index (χ0v) is 12.2. The molecule has 2 N–H and O–H groups in total. The maximum absolute atomic E-state index is 13.2. The van der Waals surface area contributed by atoms with E-state index in [2.05, 4.69) is 5.32 Å². The number of nitrogens with one attached hydrogen (secondary N) is 1. The van der Waals surface area contributed by atoms with Crippen LogP contribution in [0.2, 0.25) is 0 Å². The number of carbonyl (C=O) groups is 2. The van der Waals surface area contributed by atoms with Crippen LogP contribution in [0.4, 0.5) is 4.39 Å². The summed E-state index contributed by atoms with van der Waals surface area (Å²) in [7, 11) is -0.182. The van der Waals surface area contributed by atoms with Crippen molar-refractivity contribution in [2.45, 2.75) is 11.3 Å². The molecule has 0 heterocycles. The Balaban J connectivity index is 2.61. The van der Waals surface area contributed by atoms with Gasteiger partial charge in [-0.15, -0.1) is 0 Å². The zero-order chi connectivity index (χ0) is 15.8. The van der Waals surface area contributed by atoms with Crippen LogP contribution in [0.3, 0.4) is 0 Å². The molecule has 0 bridgehead atoms. The van der Waals surface area contributed by atoms with Gasteiger partial charge in [-0.1, -0.05) is 0 Å². The van der Waals surface area contributed by atoms with E-state index in [0.29, 0.717) is 19.6 Å². The summed E-state index contributed by atoms with van der Waals surface area (Å²) in [5.41, 5.74) is -0.568. The lowest BCUT2D eigenvalue weighted by atomic mass is 10.2. The van der Waals surface area contributed by atoms with Crippen LogP contribution in [0.5, 0.6) is 0 Å². The second kappa shape index (κ2) is 8.48. The van der Waals surface area contributed by atoms with Crippen molar-refractivity contribution in [1.82, 2.24) is 5.32 Å². The molecule has 0 saturated heterocycles. The van der Waals surface area contributed by atoms with Gasteiger partial charge in [-0.05, 0) is 24.6 Å². The van der Waals surface area contributed by atoms with Gasteiger partial charge in [0.05, 0.1) is 16.4 Å². The zero-order valence-electron chi connectivity index (χ0n) is 11.4. The molecular weight excluding hydrogens is 301 g/mol. The molecule has 6 nitrogen and oxygen atoms in total. The molecule has 1 rings (SSSR count). The molecule has 1 amide bonds. The van der Waals surface area contributed by atoms with E-state index in [1.54, 1.807) is 7.11 Å². The van der Waals surface area contributed by atoms with Crippen LogP contribution in [0.15, 0.2) is 23.1 Å². The molecule has 0 aliphatic rings. The minimum Gasteiger partial charge on any atom is -0.478 e. The molecule has 1 atom stereocenters. The molecule has 1 aromatic carbocycles. The number of benzene rings is 1. The van der Waals surface area contributed by atoms with Crippen molar-refractivity contribution in [3.63, 3.8) is 0 Å². The number of rotatable bonds is 8. The summed E-state index contributed by atoms with van der Waals surface area (Å²) in [5, 5.41) is 11.4. The largest absolute Gasteiger partial charge is 0.478 e. The van der Waals surface area contributed by atoms with Crippen molar-refractivity contribution in [3.05, 3.63) is 29.6 Å². The first kappa shape index (κ1) is 17.3. The number of ether oxygens (including phenoxy) is 1. The first-order valence-electron chi connectivity index (χ1n) is 6.12. The fourth-order valence-electron chi connectivity index (χ4n) is 1.51. The van der Waals surface area contributed by atoms with Crippen molar-refractivity contribution in [2.24, 2.45) is 0 Å². The Morgan fingerprint density at radius 3 is 2.76 bits per heavy atom. The SMILES string of the molecule is COCCCNC(=O)CS(=O)c1ccc(F)c(C(=O)O)c1. The van der Waals surface area contributed by atoms with Crippen LogP contribution in [0.25, 0.3) is 0 Å². The highest BCUT2D eigenvalue weighted by atomic mass is 32.2. The normalized spacial score (nSPS) is 11.9. The van der Waals surface area contributed by atoms with E-state index in [9.17, 15) is 18.2 Å². The molecule has 1 unspecified atom stereocenters. The summed E-state index contributed by atoms with van der Waals surface area (Å²) >= 11 is 0. The number of carboxylic acid groups (broad SMARTS) is 1. The summed E-state index contributed by atoms with van der Waals surface area (Å²) in [6.07, 6.45) is 0.634. The number of halogens is 1. The van der Waals surface area contributed by atoms with E-state index in [-0.39, 0.29) is 10.6 Å². The summed E-state index contributed by atoms with van der Waals surface area (Å²) in [5.74, 6) is -3.09.